The van der Waals surface area contributed by atoms with E-state index in [-0.39, 0.29) is 5.83 Å². The van der Waals surface area contributed by atoms with Crippen LogP contribution in [0.1, 0.15) is 40.0 Å². The maximum atomic E-state index is 13.7. The molecule has 0 unspecified atom stereocenters. The molecule has 2 rings (SSSR count). The fourth-order valence-electron chi connectivity index (χ4n) is 2.98. The van der Waals surface area contributed by atoms with Gasteiger partial charge in [0.2, 0.25) is 0 Å². The third kappa shape index (κ3) is 5.91. The quantitative estimate of drug-likeness (QED) is 0.330. The normalized spacial score (nSPS) is 19.4. The molecule has 0 aromatic carbocycles. The molecular formula is C23H31FN4. The standard InChI is InChI=1S/C23H31FN4/c1-6-20(15-22(24)8-3)17-28-18(4)11-12-23(26-28)21(7-2)16-25-19(5)27-13-9-10-14-27/h6-7,11-12,15-16H,2,4,8-10,13-14,17H2,1,3,5H3/b20-6+,21-16+,22-15+,25-19+. The van der Waals surface area contributed by atoms with Crippen LogP contribution in [0.3, 0.4) is 0 Å². The van der Waals surface area contributed by atoms with Crippen LogP contribution in [0.4, 0.5) is 4.39 Å². The first-order valence-electron chi connectivity index (χ1n) is 9.85. The summed E-state index contributed by atoms with van der Waals surface area (Å²) in [5.41, 5.74) is 3.21. The van der Waals surface area contributed by atoms with Crippen molar-refractivity contribution in [2.24, 2.45) is 10.1 Å². The minimum absolute atomic E-state index is 0.145. The molecule has 1 saturated heterocycles. The van der Waals surface area contributed by atoms with Crippen LogP contribution in [0.2, 0.25) is 0 Å². The van der Waals surface area contributed by atoms with Gasteiger partial charge in [0.25, 0.3) is 0 Å². The van der Waals surface area contributed by atoms with Crippen molar-refractivity contribution in [1.29, 1.82) is 0 Å². The summed E-state index contributed by atoms with van der Waals surface area (Å²) in [6, 6.07) is 0. The number of likely N-dealkylation sites (tertiary alicyclic amines) is 1. The molecule has 0 N–H and O–H groups in total. The minimum atomic E-state index is -0.145. The Bertz CT molecular complexity index is 774. The molecule has 1 fully saturated rings. The predicted molar refractivity (Wildman–Crippen MR) is 118 cm³/mol. The Labute approximate surface area is 168 Å². The van der Waals surface area contributed by atoms with E-state index in [0.29, 0.717) is 13.0 Å². The number of hydrazone groups is 1. The van der Waals surface area contributed by atoms with Gasteiger partial charge in [-0.2, -0.15) is 5.10 Å². The number of hydrogen-bond donors (Lipinski definition) is 0. The average Bonchev–Trinajstić information content (AvgIpc) is 3.24. The molecule has 0 amide bonds. The molecule has 2 heterocycles. The molecule has 28 heavy (non-hydrogen) atoms. The van der Waals surface area contributed by atoms with E-state index in [4.69, 9.17) is 0 Å². The zero-order chi connectivity index (χ0) is 20.5. The zero-order valence-corrected chi connectivity index (χ0v) is 17.3. The molecule has 0 aromatic rings. The molecule has 0 saturated carbocycles. The summed E-state index contributed by atoms with van der Waals surface area (Å²) in [4.78, 5) is 6.90. The Kier molecular flexibility index (Phi) is 8.18. The Balaban J connectivity index is 2.20. The van der Waals surface area contributed by atoms with Gasteiger partial charge in [-0.25, -0.2) is 9.38 Å². The molecule has 0 atom stereocenters. The topological polar surface area (TPSA) is 31.2 Å². The first kappa shape index (κ1) is 21.6. The van der Waals surface area contributed by atoms with Crippen molar-refractivity contribution in [1.82, 2.24) is 9.91 Å². The highest BCUT2D eigenvalue weighted by atomic mass is 19.1. The van der Waals surface area contributed by atoms with Gasteiger partial charge in [-0.1, -0.05) is 32.2 Å². The second-order valence-corrected chi connectivity index (χ2v) is 6.83. The van der Waals surface area contributed by atoms with Crippen LogP contribution < -0.4 is 0 Å². The number of aliphatic imine (C=N–C) groups is 1. The third-order valence-electron chi connectivity index (χ3n) is 4.85. The van der Waals surface area contributed by atoms with E-state index < -0.39 is 0 Å². The summed E-state index contributed by atoms with van der Waals surface area (Å²) in [6.45, 7) is 16.3. The monoisotopic (exact) mass is 382 g/mol. The van der Waals surface area contributed by atoms with Crippen LogP contribution >= 0.6 is 0 Å². The lowest BCUT2D eigenvalue weighted by Crippen LogP contribution is -2.25. The fraction of sp³-hybridized carbons (Fsp3) is 0.391. The van der Waals surface area contributed by atoms with E-state index in [1.54, 1.807) is 24.1 Å². The lowest BCUT2D eigenvalue weighted by atomic mass is 10.1. The molecule has 2 aliphatic rings. The molecule has 0 aromatic heterocycles. The Morgan fingerprint density at radius 2 is 2.04 bits per heavy atom. The number of nitrogens with zero attached hydrogens (tertiary/aromatic N) is 4. The van der Waals surface area contributed by atoms with E-state index in [9.17, 15) is 4.39 Å². The van der Waals surface area contributed by atoms with E-state index in [1.807, 2.05) is 38.3 Å². The van der Waals surface area contributed by atoms with E-state index in [1.165, 1.54) is 12.8 Å². The van der Waals surface area contributed by atoms with E-state index in [0.717, 1.165) is 41.5 Å². The van der Waals surface area contributed by atoms with Crippen molar-refractivity contribution in [3.63, 3.8) is 0 Å². The summed E-state index contributed by atoms with van der Waals surface area (Å²) in [7, 11) is 0. The molecule has 2 aliphatic heterocycles. The van der Waals surface area contributed by atoms with Gasteiger partial charge in [0.05, 0.1) is 23.8 Å². The maximum absolute atomic E-state index is 13.7. The van der Waals surface area contributed by atoms with Gasteiger partial charge in [-0.3, -0.25) is 5.01 Å². The Morgan fingerprint density at radius 3 is 2.64 bits per heavy atom. The van der Waals surface area contributed by atoms with Gasteiger partial charge in [-0.05, 0) is 56.9 Å². The smallest absolute Gasteiger partial charge is 0.101 e. The van der Waals surface area contributed by atoms with Gasteiger partial charge < -0.3 is 4.90 Å². The molecule has 0 radical (unpaired) electrons. The molecular weight excluding hydrogens is 351 g/mol. The predicted octanol–water partition coefficient (Wildman–Crippen LogP) is 5.52. The second kappa shape index (κ2) is 10.6. The summed E-state index contributed by atoms with van der Waals surface area (Å²) in [6.07, 6.45) is 13.7. The lowest BCUT2D eigenvalue weighted by molar-refractivity contribution is 0.409. The lowest BCUT2D eigenvalue weighted by Gasteiger charge is -2.24. The van der Waals surface area contributed by atoms with E-state index >= 15 is 0 Å². The molecule has 4 nitrogen and oxygen atoms in total. The molecule has 5 heteroatoms. The van der Waals surface area contributed by atoms with Crippen molar-refractivity contribution in [2.75, 3.05) is 19.6 Å². The van der Waals surface area contributed by atoms with Crippen LogP contribution in [-0.4, -0.2) is 41.1 Å². The number of hydrogen-bond acceptors (Lipinski definition) is 3. The molecule has 0 aliphatic carbocycles. The molecule has 0 spiro atoms. The summed E-state index contributed by atoms with van der Waals surface area (Å²) < 4.78 is 13.7. The molecule has 150 valence electrons. The van der Waals surface area contributed by atoms with Crippen molar-refractivity contribution >= 4 is 11.5 Å². The second-order valence-electron chi connectivity index (χ2n) is 6.83. The number of allylic oxidation sites excluding steroid dienone is 6. The summed E-state index contributed by atoms with van der Waals surface area (Å²) >= 11 is 0. The van der Waals surface area contributed by atoms with Gasteiger partial charge in [-0.15, -0.1) is 0 Å². The van der Waals surface area contributed by atoms with Crippen molar-refractivity contribution in [3.05, 3.63) is 72.4 Å². The van der Waals surface area contributed by atoms with Gasteiger partial charge in [0.1, 0.15) is 5.84 Å². The Hall–Kier alpha value is -2.69. The highest BCUT2D eigenvalue weighted by Gasteiger charge is 2.15. The maximum Gasteiger partial charge on any atom is 0.101 e. The van der Waals surface area contributed by atoms with Crippen LogP contribution in [-0.2, 0) is 0 Å². The van der Waals surface area contributed by atoms with Crippen molar-refractivity contribution < 1.29 is 4.39 Å². The number of amidine groups is 1. The Morgan fingerprint density at radius 1 is 1.32 bits per heavy atom. The first-order valence-corrected chi connectivity index (χ1v) is 9.85. The van der Waals surface area contributed by atoms with Crippen LogP contribution in [0.5, 0.6) is 0 Å². The highest BCUT2D eigenvalue weighted by molar-refractivity contribution is 6.10. The van der Waals surface area contributed by atoms with Crippen LogP contribution in [0, 0.1) is 0 Å². The van der Waals surface area contributed by atoms with Crippen molar-refractivity contribution in [3.8, 4) is 0 Å². The average molecular weight is 383 g/mol. The number of halogens is 1. The summed E-state index contributed by atoms with van der Waals surface area (Å²) in [5, 5.41) is 6.46. The first-order chi connectivity index (χ1) is 13.5. The van der Waals surface area contributed by atoms with Gasteiger partial charge in [0.15, 0.2) is 0 Å². The van der Waals surface area contributed by atoms with Crippen molar-refractivity contribution in [2.45, 2.75) is 40.0 Å². The van der Waals surface area contributed by atoms with E-state index in [2.05, 4.69) is 28.2 Å². The number of rotatable bonds is 7. The molecule has 0 bridgehead atoms. The van der Waals surface area contributed by atoms with Crippen LogP contribution in [0.15, 0.2) is 82.5 Å². The minimum Gasteiger partial charge on any atom is -0.360 e. The highest BCUT2D eigenvalue weighted by Crippen LogP contribution is 2.19. The van der Waals surface area contributed by atoms with Crippen LogP contribution in [0.25, 0.3) is 0 Å². The fourth-order valence-corrected chi connectivity index (χ4v) is 2.98. The van der Waals surface area contributed by atoms with Gasteiger partial charge in [0, 0.05) is 24.9 Å². The summed E-state index contributed by atoms with van der Waals surface area (Å²) in [5.74, 6) is 0.865. The third-order valence-corrected chi connectivity index (χ3v) is 4.85. The SMILES string of the molecule is C=C/C(=C\N=C(/C)N1CCCC1)C1=NN(CC(/C=C(/F)CC)=C/C)C(=C)C=C1. The largest absolute Gasteiger partial charge is 0.360 e. The van der Waals surface area contributed by atoms with Gasteiger partial charge >= 0.3 is 0 Å². The zero-order valence-electron chi connectivity index (χ0n) is 17.3.